The van der Waals surface area contributed by atoms with Gasteiger partial charge in [0, 0.05) is 19.4 Å². The quantitative estimate of drug-likeness (QED) is 0.824. The van der Waals surface area contributed by atoms with Crippen LogP contribution in [0.15, 0.2) is 30.3 Å². The summed E-state index contributed by atoms with van der Waals surface area (Å²) in [6.07, 6.45) is 2.28. The van der Waals surface area contributed by atoms with Crippen molar-refractivity contribution < 1.29 is 14.6 Å². The monoisotopic (exact) mass is 222 g/mol. The van der Waals surface area contributed by atoms with E-state index in [9.17, 15) is 0 Å². The molecule has 1 aliphatic rings. The van der Waals surface area contributed by atoms with E-state index < -0.39 is 5.79 Å². The molecule has 1 fully saturated rings. The van der Waals surface area contributed by atoms with E-state index in [4.69, 9.17) is 14.6 Å². The standard InChI is InChI=1S/C13H18O3/c14-9-8-13(15-10-11-16-13)7-6-12-4-2-1-3-5-12/h1-5,14H,6-11H2. The average Bonchev–Trinajstić information content (AvgIpc) is 2.78. The number of aryl methyl sites for hydroxylation is 1. The van der Waals surface area contributed by atoms with Gasteiger partial charge in [-0.1, -0.05) is 30.3 Å². The molecule has 0 saturated carbocycles. The van der Waals surface area contributed by atoms with E-state index in [1.807, 2.05) is 18.2 Å². The van der Waals surface area contributed by atoms with Crippen molar-refractivity contribution in [2.45, 2.75) is 25.0 Å². The first-order valence-electron chi connectivity index (χ1n) is 5.77. The molecule has 3 heteroatoms. The Morgan fingerprint density at radius 1 is 1.06 bits per heavy atom. The van der Waals surface area contributed by atoms with Crippen LogP contribution in [-0.2, 0) is 15.9 Å². The maximum atomic E-state index is 9.03. The predicted octanol–water partition coefficient (Wildman–Crippen LogP) is 1.74. The third-order valence-electron chi connectivity index (χ3n) is 2.94. The summed E-state index contributed by atoms with van der Waals surface area (Å²) in [5.41, 5.74) is 1.28. The molecule has 0 unspecified atom stereocenters. The molecule has 0 aromatic heterocycles. The van der Waals surface area contributed by atoms with Gasteiger partial charge in [0.05, 0.1) is 13.2 Å². The van der Waals surface area contributed by atoms with Gasteiger partial charge in [0.1, 0.15) is 0 Å². The molecule has 88 valence electrons. The molecule has 0 aliphatic carbocycles. The number of hydrogen-bond acceptors (Lipinski definition) is 3. The topological polar surface area (TPSA) is 38.7 Å². The molecule has 0 amide bonds. The van der Waals surface area contributed by atoms with Crippen molar-refractivity contribution in [3.05, 3.63) is 35.9 Å². The Balaban J connectivity index is 1.92. The van der Waals surface area contributed by atoms with Crippen LogP contribution in [0.3, 0.4) is 0 Å². The third-order valence-corrected chi connectivity index (χ3v) is 2.94. The van der Waals surface area contributed by atoms with Crippen LogP contribution in [0.25, 0.3) is 0 Å². The summed E-state index contributed by atoms with van der Waals surface area (Å²) >= 11 is 0. The molecule has 1 aromatic rings. The van der Waals surface area contributed by atoms with E-state index in [0.717, 1.165) is 12.8 Å². The fourth-order valence-electron chi connectivity index (χ4n) is 2.06. The SMILES string of the molecule is OCCC1(CCc2ccccc2)OCCO1. The summed E-state index contributed by atoms with van der Waals surface area (Å²) in [5, 5.41) is 9.03. The highest BCUT2D eigenvalue weighted by atomic mass is 16.7. The largest absolute Gasteiger partial charge is 0.396 e. The van der Waals surface area contributed by atoms with Crippen molar-refractivity contribution >= 4 is 0 Å². The predicted molar refractivity (Wildman–Crippen MR) is 61.1 cm³/mol. The minimum Gasteiger partial charge on any atom is -0.396 e. The van der Waals surface area contributed by atoms with Crippen LogP contribution in [0.5, 0.6) is 0 Å². The summed E-state index contributed by atoms with van der Waals surface area (Å²) in [6.45, 7) is 1.37. The van der Waals surface area contributed by atoms with Crippen molar-refractivity contribution in [2.24, 2.45) is 0 Å². The minimum absolute atomic E-state index is 0.106. The first-order chi connectivity index (χ1) is 7.85. The lowest BCUT2D eigenvalue weighted by atomic mass is 10.0. The van der Waals surface area contributed by atoms with E-state index in [-0.39, 0.29) is 6.61 Å². The smallest absolute Gasteiger partial charge is 0.171 e. The molecule has 1 N–H and O–H groups in total. The summed E-state index contributed by atoms with van der Waals surface area (Å²) in [7, 11) is 0. The lowest BCUT2D eigenvalue weighted by Gasteiger charge is -2.26. The molecular weight excluding hydrogens is 204 g/mol. The van der Waals surface area contributed by atoms with Crippen molar-refractivity contribution in [2.75, 3.05) is 19.8 Å². The molecule has 0 bridgehead atoms. The fourth-order valence-corrected chi connectivity index (χ4v) is 2.06. The van der Waals surface area contributed by atoms with Gasteiger partial charge in [-0.05, 0) is 12.0 Å². The van der Waals surface area contributed by atoms with Gasteiger partial charge >= 0.3 is 0 Å². The number of hydrogen-bond donors (Lipinski definition) is 1. The van der Waals surface area contributed by atoms with Gasteiger partial charge < -0.3 is 14.6 Å². The van der Waals surface area contributed by atoms with Gasteiger partial charge in [-0.3, -0.25) is 0 Å². The van der Waals surface area contributed by atoms with Crippen LogP contribution >= 0.6 is 0 Å². The van der Waals surface area contributed by atoms with Crippen LogP contribution in [0, 0.1) is 0 Å². The molecular formula is C13H18O3. The molecule has 2 rings (SSSR count). The maximum absolute atomic E-state index is 9.03. The van der Waals surface area contributed by atoms with E-state index in [1.165, 1.54) is 5.56 Å². The van der Waals surface area contributed by atoms with Crippen molar-refractivity contribution in [3.63, 3.8) is 0 Å². The van der Waals surface area contributed by atoms with Crippen molar-refractivity contribution in [3.8, 4) is 0 Å². The Kier molecular flexibility index (Phi) is 3.93. The van der Waals surface area contributed by atoms with E-state index in [2.05, 4.69) is 12.1 Å². The zero-order valence-corrected chi connectivity index (χ0v) is 9.39. The Labute approximate surface area is 96.0 Å². The highest BCUT2D eigenvalue weighted by Crippen LogP contribution is 2.28. The highest BCUT2D eigenvalue weighted by Gasteiger charge is 2.35. The molecule has 0 spiro atoms. The summed E-state index contributed by atoms with van der Waals surface area (Å²) in [4.78, 5) is 0. The first-order valence-corrected chi connectivity index (χ1v) is 5.77. The second-order valence-corrected chi connectivity index (χ2v) is 4.07. The third kappa shape index (κ3) is 2.82. The van der Waals surface area contributed by atoms with Gasteiger partial charge in [0.25, 0.3) is 0 Å². The molecule has 0 radical (unpaired) electrons. The first kappa shape index (κ1) is 11.6. The van der Waals surface area contributed by atoms with Gasteiger partial charge in [-0.2, -0.15) is 0 Å². The van der Waals surface area contributed by atoms with E-state index in [0.29, 0.717) is 19.6 Å². The van der Waals surface area contributed by atoms with Crippen LogP contribution in [0.2, 0.25) is 0 Å². The van der Waals surface area contributed by atoms with E-state index in [1.54, 1.807) is 0 Å². The Morgan fingerprint density at radius 2 is 1.75 bits per heavy atom. The van der Waals surface area contributed by atoms with Crippen LogP contribution in [0.4, 0.5) is 0 Å². The molecule has 0 atom stereocenters. The Morgan fingerprint density at radius 3 is 2.38 bits per heavy atom. The normalized spacial score (nSPS) is 18.8. The molecule has 16 heavy (non-hydrogen) atoms. The van der Waals surface area contributed by atoms with Gasteiger partial charge in [0.2, 0.25) is 0 Å². The van der Waals surface area contributed by atoms with Gasteiger partial charge in [-0.15, -0.1) is 0 Å². The molecule has 1 aromatic carbocycles. The second-order valence-electron chi connectivity index (χ2n) is 4.07. The fraction of sp³-hybridized carbons (Fsp3) is 0.538. The van der Waals surface area contributed by atoms with E-state index >= 15 is 0 Å². The van der Waals surface area contributed by atoms with Gasteiger partial charge in [0.15, 0.2) is 5.79 Å². The number of aliphatic hydroxyl groups is 1. The van der Waals surface area contributed by atoms with Gasteiger partial charge in [-0.25, -0.2) is 0 Å². The van der Waals surface area contributed by atoms with Crippen LogP contribution < -0.4 is 0 Å². The number of ether oxygens (including phenoxy) is 2. The molecule has 1 aliphatic heterocycles. The Bertz CT molecular complexity index is 304. The number of rotatable bonds is 5. The zero-order chi connectivity index (χ0) is 11.3. The molecule has 1 saturated heterocycles. The summed E-state index contributed by atoms with van der Waals surface area (Å²) in [5.74, 6) is -0.551. The number of aliphatic hydroxyl groups excluding tert-OH is 1. The zero-order valence-electron chi connectivity index (χ0n) is 9.39. The number of benzene rings is 1. The summed E-state index contributed by atoms with van der Waals surface area (Å²) in [6, 6.07) is 10.3. The molecule has 3 nitrogen and oxygen atoms in total. The summed E-state index contributed by atoms with van der Waals surface area (Å²) < 4.78 is 11.2. The van der Waals surface area contributed by atoms with Crippen molar-refractivity contribution in [1.29, 1.82) is 0 Å². The van der Waals surface area contributed by atoms with Crippen molar-refractivity contribution in [1.82, 2.24) is 0 Å². The lowest BCUT2D eigenvalue weighted by molar-refractivity contribution is -0.171. The molecule has 1 heterocycles. The van der Waals surface area contributed by atoms with Crippen LogP contribution in [0.1, 0.15) is 18.4 Å². The lowest BCUT2D eigenvalue weighted by Crippen LogP contribution is -2.32. The second kappa shape index (κ2) is 5.43. The van der Waals surface area contributed by atoms with Crippen LogP contribution in [-0.4, -0.2) is 30.7 Å². The Hall–Kier alpha value is -0.900. The maximum Gasteiger partial charge on any atom is 0.171 e. The highest BCUT2D eigenvalue weighted by molar-refractivity contribution is 5.14. The minimum atomic E-state index is -0.551. The average molecular weight is 222 g/mol.